The highest BCUT2D eigenvalue weighted by Crippen LogP contribution is 2.25. The van der Waals surface area contributed by atoms with Gasteiger partial charge in [-0.05, 0) is 11.8 Å². The minimum absolute atomic E-state index is 0.121. The van der Waals surface area contributed by atoms with E-state index in [9.17, 15) is 5.11 Å². The second-order valence-corrected chi connectivity index (χ2v) is 4.22. The molecule has 0 amide bonds. The molecule has 0 aliphatic carbocycles. The summed E-state index contributed by atoms with van der Waals surface area (Å²) in [5, 5.41) is 12.5. The van der Waals surface area contributed by atoms with Crippen molar-refractivity contribution in [3.63, 3.8) is 0 Å². The number of nitrogens with one attached hydrogen (secondary N) is 1. The third-order valence-corrected chi connectivity index (χ3v) is 2.15. The molecular formula is C8H17NO. The number of hydrogen-bond donors (Lipinski definition) is 2. The monoisotopic (exact) mass is 143 g/mol. The lowest BCUT2D eigenvalue weighted by Gasteiger charge is -2.26. The molecule has 2 N–H and O–H groups in total. The van der Waals surface area contributed by atoms with Crippen LogP contribution in [0.3, 0.4) is 0 Å². The quantitative estimate of drug-likeness (QED) is 0.524. The van der Waals surface area contributed by atoms with Gasteiger partial charge in [-0.15, -0.1) is 0 Å². The first-order valence-corrected chi connectivity index (χ1v) is 3.91. The van der Waals surface area contributed by atoms with Crippen molar-refractivity contribution in [2.24, 2.45) is 5.41 Å². The fraction of sp³-hybridized carbons (Fsp3) is 1.00. The van der Waals surface area contributed by atoms with Crippen LogP contribution < -0.4 is 5.32 Å². The Bertz CT molecular complexity index is 117. The third-order valence-electron chi connectivity index (χ3n) is 2.15. The summed E-state index contributed by atoms with van der Waals surface area (Å²) in [4.78, 5) is 0. The Hall–Kier alpha value is -0.0800. The normalized spacial score (nSPS) is 34.8. The zero-order valence-corrected chi connectivity index (χ0v) is 7.02. The lowest BCUT2D eigenvalue weighted by molar-refractivity contribution is 0.182. The maximum Gasteiger partial charge on any atom is 0.0679 e. The average Bonchev–Trinajstić information content (AvgIpc) is 2.11. The molecule has 2 atom stereocenters. The van der Waals surface area contributed by atoms with Crippen LogP contribution in [0, 0.1) is 5.41 Å². The van der Waals surface area contributed by atoms with Gasteiger partial charge in [-0.25, -0.2) is 0 Å². The standard InChI is InChI=1S/C8H17NO/c1-8(2,3)7-4-6(10)5-9-7/h6-7,9-10H,4-5H2,1-3H3/t6-,7?/m1/s1. The first kappa shape index (κ1) is 8.02. The van der Waals surface area contributed by atoms with E-state index in [2.05, 4.69) is 26.1 Å². The molecule has 60 valence electrons. The van der Waals surface area contributed by atoms with E-state index in [-0.39, 0.29) is 11.5 Å². The maximum absolute atomic E-state index is 9.20. The summed E-state index contributed by atoms with van der Waals surface area (Å²) in [6.45, 7) is 7.36. The van der Waals surface area contributed by atoms with Gasteiger partial charge in [-0.1, -0.05) is 20.8 Å². The molecule has 0 aromatic carbocycles. The zero-order valence-electron chi connectivity index (χ0n) is 7.02. The van der Waals surface area contributed by atoms with Crippen molar-refractivity contribution in [1.29, 1.82) is 0 Å². The van der Waals surface area contributed by atoms with E-state index in [1.165, 1.54) is 0 Å². The number of β-amino-alcohol motifs (C(OH)–C–C–N with tert-alkyl or cyclic N) is 1. The van der Waals surface area contributed by atoms with Crippen LogP contribution in [0.5, 0.6) is 0 Å². The van der Waals surface area contributed by atoms with Crippen LogP contribution >= 0.6 is 0 Å². The second kappa shape index (κ2) is 2.51. The predicted molar refractivity (Wildman–Crippen MR) is 41.9 cm³/mol. The Morgan fingerprint density at radius 1 is 1.40 bits per heavy atom. The van der Waals surface area contributed by atoms with Crippen molar-refractivity contribution in [2.75, 3.05) is 6.54 Å². The Labute approximate surface area is 62.6 Å². The first-order chi connectivity index (χ1) is 4.50. The van der Waals surface area contributed by atoms with Crippen molar-refractivity contribution in [3.05, 3.63) is 0 Å². The summed E-state index contributed by atoms with van der Waals surface area (Å²) in [7, 11) is 0. The molecule has 1 aliphatic heterocycles. The molecule has 0 aromatic heterocycles. The van der Waals surface area contributed by atoms with Gasteiger partial charge < -0.3 is 10.4 Å². The summed E-state index contributed by atoms with van der Waals surface area (Å²) in [6, 6.07) is 0.488. The molecule has 10 heavy (non-hydrogen) atoms. The Kier molecular flexibility index (Phi) is 2.02. The average molecular weight is 143 g/mol. The molecule has 1 saturated heterocycles. The van der Waals surface area contributed by atoms with Crippen LogP contribution in [0.4, 0.5) is 0 Å². The fourth-order valence-electron chi connectivity index (χ4n) is 1.38. The molecule has 0 spiro atoms. The van der Waals surface area contributed by atoms with Crippen molar-refractivity contribution in [3.8, 4) is 0 Å². The number of hydrogen-bond acceptors (Lipinski definition) is 2. The smallest absolute Gasteiger partial charge is 0.0679 e. The highest BCUT2D eigenvalue weighted by atomic mass is 16.3. The number of rotatable bonds is 0. The first-order valence-electron chi connectivity index (χ1n) is 3.91. The molecule has 1 fully saturated rings. The van der Waals surface area contributed by atoms with Crippen LogP contribution in [0.15, 0.2) is 0 Å². The highest BCUT2D eigenvalue weighted by Gasteiger charge is 2.31. The largest absolute Gasteiger partial charge is 0.392 e. The number of aliphatic hydroxyl groups is 1. The van der Waals surface area contributed by atoms with Gasteiger partial charge >= 0.3 is 0 Å². The van der Waals surface area contributed by atoms with Gasteiger partial charge in [0.15, 0.2) is 0 Å². The van der Waals surface area contributed by atoms with Crippen molar-refractivity contribution >= 4 is 0 Å². The number of aliphatic hydroxyl groups excluding tert-OH is 1. The van der Waals surface area contributed by atoms with E-state index in [0.717, 1.165) is 13.0 Å². The third kappa shape index (κ3) is 1.70. The van der Waals surface area contributed by atoms with Crippen LogP contribution in [0.1, 0.15) is 27.2 Å². The van der Waals surface area contributed by atoms with Gasteiger partial charge in [0.2, 0.25) is 0 Å². The molecule has 0 aromatic rings. The molecule has 2 heteroatoms. The Balaban J connectivity index is 2.45. The lowest BCUT2D eigenvalue weighted by atomic mass is 9.86. The van der Waals surface area contributed by atoms with E-state index < -0.39 is 0 Å². The van der Waals surface area contributed by atoms with Crippen LogP contribution in [-0.2, 0) is 0 Å². The van der Waals surface area contributed by atoms with Gasteiger partial charge in [0, 0.05) is 12.6 Å². The van der Waals surface area contributed by atoms with Crippen molar-refractivity contribution in [1.82, 2.24) is 5.32 Å². The molecule has 1 heterocycles. The topological polar surface area (TPSA) is 32.3 Å². The predicted octanol–water partition coefficient (Wildman–Crippen LogP) is 0.755. The Morgan fingerprint density at radius 3 is 2.20 bits per heavy atom. The molecule has 0 radical (unpaired) electrons. The molecule has 0 saturated carbocycles. The zero-order chi connectivity index (χ0) is 7.78. The molecule has 2 nitrogen and oxygen atoms in total. The van der Waals surface area contributed by atoms with E-state index in [4.69, 9.17) is 0 Å². The minimum Gasteiger partial charge on any atom is -0.392 e. The summed E-state index contributed by atoms with van der Waals surface area (Å²) >= 11 is 0. The van der Waals surface area contributed by atoms with Gasteiger partial charge in [0.1, 0.15) is 0 Å². The van der Waals surface area contributed by atoms with Gasteiger partial charge in [-0.3, -0.25) is 0 Å². The van der Waals surface area contributed by atoms with Gasteiger partial charge in [-0.2, -0.15) is 0 Å². The van der Waals surface area contributed by atoms with Crippen LogP contribution in [0.25, 0.3) is 0 Å². The Morgan fingerprint density at radius 2 is 2.00 bits per heavy atom. The second-order valence-electron chi connectivity index (χ2n) is 4.22. The van der Waals surface area contributed by atoms with E-state index in [1.807, 2.05) is 0 Å². The summed E-state index contributed by atoms with van der Waals surface area (Å²) in [6.07, 6.45) is 0.785. The minimum atomic E-state index is -0.121. The van der Waals surface area contributed by atoms with Crippen molar-refractivity contribution < 1.29 is 5.11 Å². The molecule has 0 bridgehead atoms. The lowest BCUT2D eigenvalue weighted by Crippen LogP contribution is -2.34. The van der Waals surface area contributed by atoms with E-state index >= 15 is 0 Å². The van der Waals surface area contributed by atoms with Gasteiger partial charge in [0.25, 0.3) is 0 Å². The van der Waals surface area contributed by atoms with Crippen molar-refractivity contribution in [2.45, 2.75) is 39.3 Å². The summed E-state index contributed by atoms with van der Waals surface area (Å²) < 4.78 is 0. The summed E-state index contributed by atoms with van der Waals surface area (Å²) in [5.74, 6) is 0. The fourth-order valence-corrected chi connectivity index (χ4v) is 1.38. The van der Waals surface area contributed by atoms with E-state index in [0.29, 0.717) is 6.04 Å². The molecule has 1 rings (SSSR count). The highest BCUT2D eigenvalue weighted by molar-refractivity contribution is 4.88. The molecule has 1 unspecified atom stereocenters. The van der Waals surface area contributed by atoms with Gasteiger partial charge in [0.05, 0.1) is 6.10 Å². The molecular weight excluding hydrogens is 126 g/mol. The summed E-state index contributed by atoms with van der Waals surface area (Å²) in [5.41, 5.74) is 0.289. The van der Waals surface area contributed by atoms with Crippen LogP contribution in [0.2, 0.25) is 0 Å². The SMILES string of the molecule is CC(C)(C)C1C[C@@H](O)CN1. The van der Waals surface area contributed by atoms with Crippen LogP contribution in [-0.4, -0.2) is 23.8 Å². The van der Waals surface area contributed by atoms with E-state index in [1.54, 1.807) is 0 Å². The maximum atomic E-state index is 9.20. The molecule has 1 aliphatic rings.